The quantitative estimate of drug-likeness (QED) is 0.254. The fraction of sp³-hybridized carbons (Fsp3) is 0.667. The summed E-state index contributed by atoms with van der Waals surface area (Å²) in [5.74, 6) is 3.99. The van der Waals surface area contributed by atoms with Crippen LogP contribution in [-0.2, 0) is 0 Å². The predicted molar refractivity (Wildman–Crippen MR) is 161 cm³/mol. The van der Waals surface area contributed by atoms with Crippen molar-refractivity contribution in [1.29, 1.82) is 0 Å². The predicted octanol–water partition coefficient (Wildman–Crippen LogP) is 11.1. The molecule has 0 N–H and O–H groups in total. The van der Waals surface area contributed by atoms with Crippen LogP contribution in [0.1, 0.15) is 106 Å². The molecule has 0 aromatic rings. The first-order valence-electron chi connectivity index (χ1n) is 15.1. The molecule has 8 atom stereocenters. The van der Waals surface area contributed by atoms with Gasteiger partial charge < -0.3 is 0 Å². The Morgan fingerprint density at radius 3 is 2.22 bits per heavy atom. The topological polar surface area (TPSA) is 0 Å². The third-order valence-corrected chi connectivity index (χ3v) is 11.5. The summed E-state index contributed by atoms with van der Waals surface area (Å²) in [7, 11) is 0. The Kier molecular flexibility index (Phi) is 9.22. The SMILES string of the molecule is C=C1C=CC2(C)C(=C1)CCC1C2C(CC)C(CC(=C)CC)C(C)(C(C)C(=C)CCC(=C)CC)C1CC. The molecule has 2 saturated carbocycles. The summed E-state index contributed by atoms with van der Waals surface area (Å²) in [6.07, 6.45) is 17.8. The van der Waals surface area contributed by atoms with Crippen LogP contribution in [0.3, 0.4) is 0 Å². The van der Waals surface area contributed by atoms with Gasteiger partial charge in [0, 0.05) is 5.41 Å². The summed E-state index contributed by atoms with van der Waals surface area (Å²) in [5.41, 5.74) is 7.44. The second kappa shape index (κ2) is 11.4. The van der Waals surface area contributed by atoms with Gasteiger partial charge in [0.25, 0.3) is 0 Å². The Bertz CT molecular complexity index is 924. The van der Waals surface area contributed by atoms with Gasteiger partial charge in [-0.1, -0.05) is 128 Å². The summed E-state index contributed by atoms with van der Waals surface area (Å²) < 4.78 is 0. The van der Waals surface area contributed by atoms with E-state index >= 15 is 0 Å². The number of hydrogen-bond donors (Lipinski definition) is 0. The van der Waals surface area contributed by atoms with E-state index < -0.39 is 0 Å². The highest BCUT2D eigenvalue weighted by Gasteiger charge is 2.62. The van der Waals surface area contributed by atoms with E-state index in [0.29, 0.717) is 29.6 Å². The van der Waals surface area contributed by atoms with Gasteiger partial charge in [0.05, 0.1) is 0 Å². The number of allylic oxidation sites excluding steroid dienone is 8. The maximum Gasteiger partial charge on any atom is 0.0103 e. The summed E-state index contributed by atoms with van der Waals surface area (Å²) in [4.78, 5) is 0. The van der Waals surface area contributed by atoms with E-state index in [0.717, 1.165) is 38.0 Å². The van der Waals surface area contributed by atoms with Gasteiger partial charge in [-0.05, 0) is 91.4 Å². The summed E-state index contributed by atoms with van der Waals surface area (Å²) in [6.45, 7) is 35.1. The van der Waals surface area contributed by atoms with Gasteiger partial charge in [-0.2, -0.15) is 0 Å². The van der Waals surface area contributed by atoms with Crippen molar-refractivity contribution >= 4 is 0 Å². The third kappa shape index (κ3) is 4.96. The normalized spacial score (nSPS) is 36.5. The zero-order chi connectivity index (χ0) is 26.8. The first-order valence-corrected chi connectivity index (χ1v) is 15.1. The van der Waals surface area contributed by atoms with Crippen LogP contribution in [0.25, 0.3) is 0 Å². The average Bonchev–Trinajstić information content (AvgIpc) is 2.87. The fourth-order valence-electron chi connectivity index (χ4n) is 9.01. The van der Waals surface area contributed by atoms with E-state index in [9.17, 15) is 0 Å². The highest BCUT2D eigenvalue weighted by atomic mass is 14.7. The van der Waals surface area contributed by atoms with Gasteiger partial charge in [0.1, 0.15) is 0 Å². The molecule has 8 unspecified atom stereocenters. The monoisotopic (exact) mass is 488 g/mol. The minimum Gasteiger partial charge on any atom is -0.0999 e. The van der Waals surface area contributed by atoms with Crippen LogP contribution in [0, 0.1) is 46.3 Å². The minimum absolute atomic E-state index is 0.157. The largest absolute Gasteiger partial charge is 0.0999 e. The van der Waals surface area contributed by atoms with Gasteiger partial charge >= 0.3 is 0 Å². The molecule has 0 spiro atoms. The van der Waals surface area contributed by atoms with E-state index in [-0.39, 0.29) is 10.8 Å². The lowest BCUT2D eigenvalue weighted by atomic mass is 9.38. The maximum atomic E-state index is 4.73. The van der Waals surface area contributed by atoms with E-state index in [1.165, 1.54) is 48.0 Å². The Balaban J connectivity index is 2.11. The highest BCUT2D eigenvalue weighted by molar-refractivity contribution is 5.43. The fourth-order valence-corrected chi connectivity index (χ4v) is 9.01. The maximum absolute atomic E-state index is 4.73. The Morgan fingerprint density at radius 1 is 0.972 bits per heavy atom. The van der Waals surface area contributed by atoms with Gasteiger partial charge in [0.2, 0.25) is 0 Å². The van der Waals surface area contributed by atoms with Crippen LogP contribution in [-0.4, -0.2) is 0 Å². The standard InChI is InChI=1S/C36H56/c1-12-24(5)16-17-27(8)28(9)36(11)32(15-4)31-19-18-29-22-26(7)20-21-35(29,10)34(31)30(14-3)33(36)23-25(6)13-2/h20-22,28,30-34H,5-8,12-19,23H2,1-4,9-11H3. The van der Waals surface area contributed by atoms with Crippen molar-refractivity contribution < 1.29 is 0 Å². The lowest BCUT2D eigenvalue weighted by Gasteiger charge is -2.66. The summed E-state index contributed by atoms with van der Waals surface area (Å²) >= 11 is 0. The lowest BCUT2D eigenvalue weighted by Crippen LogP contribution is -2.60. The molecule has 0 saturated heterocycles. The molecule has 3 rings (SSSR count). The molecule has 2 fully saturated rings. The molecule has 0 radical (unpaired) electrons. The molecule has 3 aliphatic rings. The van der Waals surface area contributed by atoms with E-state index in [1.54, 1.807) is 5.57 Å². The van der Waals surface area contributed by atoms with Crippen molar-refractivity contribution in [3.8, 4) is 0 Å². The second-order valence-corrected chi connectivity index (χ2v) is 12.9. The molecule has 0 heteroatoms. The van der Waals surface area contributed by atoms with Crippen molar-refractivity contribution in [3.05, 3.63) is 72.4 Å². The first-order chi connectivity index (χ1) is 17.0. The van der Waals surface area contributed by atoms with Gasteiger partial charge in [-0.15, -0.1) is 0 Å². The Morgan fingerprint density at radius 2 is 1.64 bits per heavy atom. The van der Waals surface area contributed by atoms with Crippen LogP contribution >= 0.6 is 0 Å². The molecule has 200 valence electrons. The molecule has 3 aliphatic carbocycles. The second-order valence-electron chi connectivity index (χ2n) is 12.9. The first kappa shape index (κ1) is 29.0. The molecular weight excluding hydrogens is 432 g/mol. The molecule has 0 aromatic carbocycles. The van der Waals surface area contributed by atoms with Gasteiger partial charge in [-0.25, -0.2) is 0 Å². The van der Waals surface area contributed by atoms with Crippen LogP contribution < -0.4 is 0 Å². The van der Waals surface area contributed by atoms with E-state index in [1.807, 2.05) is 0 Å². The van der Waals surface area contributed by atoms with Crippen molar-refractivity contribution in [2.45, 2.75) is 106 Å². The van der Waals surface area contributed by atoms with Crippen LogP contribution in [0.5, 0.6) is 0 Å². The molecule has 36 heavy (non-hydrogen) atoms. The molecule has 0 aromatic heterocycles. The number of fused-ring (bicyclic) bond motifs is 3. The van der Waals surface area contributed by atoms with Crippen molar-refractivity contribution in [1.82, 2.24) is 0 Å². The van der Waals surface area contributed by atoms with E-state index in [4.69, 9.17) is 6.58 Å². The highest BCUT2D eigenvalue weighted by Crippen LogP contribution is 2.68. The Hall–Kier alpha value is -1.56. The molecular formula is C36H56. The van der Waals surface area contributed by atoms with E-state index in [2.05, 4.69) is 86.4 Å². The summed E-state index contributed by atoms with van der Waals surface area (Å²) in [6, 6.07) is 0. The average molecular weight is 489 g/mol. The zero-order valence-corrected chi connectivity index (χ0v) is 24.9. The van der Waals surface area contributed by atoms with Crippen molar-refractivity contribution in [2.75, 3.05) is 0 Å². The summed E-state index contributed by atoms with van der Waals surface area (Å²) in [5, 5.41) is 0. The van der Waals surface area contributed by atoms with Crippen molar-refractivity contribution in [2.24, 2.45) is 46.3 Å². The van der Waals surface area contributed by atoms with Crippen LogP contribution in [0.4, 0.5) is 0 Å². The van der Waals surface area contributed by atoms with Crippen LogP contribution in [0.15, 0.2) is 72.4 Å². The molecule has 0 aliphatic heterocycles. The molecule has 0 amide bonds. The molecule has 0 bridgehead atoms. The van der Waals surface area contributed by atoms with Gasteiger partial charge in [0.15, 0.2) is 0 Å². The Labute approximate surface area is 224 Å². The molecule has 0 nitrogen and oxygen atoms in total. The molecule has 0 heterocycles. The number of hydrogen-bond acceptors (Lipinski definition) is 0. The number of rotatable bonds is 11. The van der Waals surface area contributed by atoms with Crippen LogP contribution in [0.2, 0.25) is 0 Å². The zero-order valence-electron chi connectivity index (χ0n) is 24.9. The van der Waals surface area contributed by atoms with Gasteiger partial charge in [-0.3, -0.25) is 0 Å². The lowest BCUT2D eigenvalue weighted by molar-refractivity contribution is -0.142. The smallest absolute Gasteiger partial charge is 0.0103 e. The van der Waals surface area contributed by atoms with Crippen molar-refractivity contribution in [3.63, 3.8) is 0 Å². The third-order valence-electron chi connectivity index (χ3n) is 11.5. The minimum atomic E-state index is 0.157.